The number of nitrogens with zero attached hydrogens (tertiary/aromatic N) is 6. The number of amides is 1. The van der Waals surface area contributed by atoms with E-state index in [1.807, 2.05) is 35.2 Å². The molecule has 1 aliphatic rings. The van der Waals surface area contributed by atoms with Gasteiger partial charge in [0.05, 0.1) is 26.5 Å². The Hall–Kier alpha value is -3.46. The van der Waals surface area contributed by atoms with Crippen molar-refractivity contribution in [3.63, 3.8) is 0 Å². The summed E-state index contributed by atoms with van der Waals surface area (Å²) >= 11 is 0. The standard InChI is InChI=1S/C21H24N6O3/c1-29-18-12-16(13-19(14-18)30-2)21(28)26-10-8-25(9-11-26)15-20-22-23-24-27(20)17-6-4-3-5-7-17/h3-7,12-14H,8-11,15H2,1-2H3. The smallest absolute Gasteiger partial charge is 0.254 e. The van der Waals surface area contributed by atoms with E-state index in [-0.39, 0.29) is 5.91 Å². The van der Waals surface area contributed by atoms with E-state index in [2.05, 4.69) is 20.4 Å². The molecule has 2 heterocycles. The van der Waals surface area contributed by atoms with Crippen LogP contribution in [0.3, 0.4) is 0 Å². The van der Waals surface area contributed by atoms with Crippen molar-refractivity contribution in [2.75, 3.05) is 40.4 Å². The Morgan fingerprint density at radius 1 is 0.967 bits per heavy atom. The van der Waals surface area contributed by atoms with Crippen LogP contribution in [0.15, 0.2) is 48.5 Å². The Labute approximate surface area is 174 Å². The molecule has 0 unspecified atom stereocenters. The minimum absolute atomic E-state index is 0.0269. The summed E-state index contributed by atoms with van der Waals surface area (Å²) in [5.74, 6) is 1.95. The lowest BCUT2D eigenvalue weighted by Gasteiger charge is -2.34. The summed E-state index contributed by atoms with van der Waals surface area (Å²) in [5.41, 5.74) is 1.49. The SMILES string of the molecule is COc1cc(OC)cc(C(=O)N2CCN(Cc3nnnn3-c3ccccc3)CC2)c1. The van der Waals surface area contributed by atoms with E-state index in [1.54, 1.807) is 37.1 Å². The van der Waals surface area contributed by atoms with Gasteiger partial charge in [-0.05, 0) is 34.7 Å². The molecule has 1 aromatic heterocycles. The number of aromatic nitrogens is 4. The molecule has 0 atom stereocenters. The molecular formula is C21H24N6O3. The lowest BCUT2D eigenvalue weighted by molar-refractivity contribution is 0.0624. The molecule has 1 amide bonds. The van der Waals surface area contributed by atoms with Crippen molar-refractivity contribution in [3.05, 3.63) is 59.9 Å². The molecule has 4 rings (SSSR count). The topological polar surface area (TPSA) is 85.6 Å². The second-order valence-electron chi connectivity index (χ2n) is 7.01. The molecule has 0 N–H and O–H groups in total. The predicted molar refractivity (Wildman–Crippen MR) is 110 cm³/mol. The van der Waals surface area contributed by atoms with Gasteiger partial charge in [0.2, 0.25) is 0 Å². The molecule has 1 saturated heterocycles. The highest BCUT2D eigenvalue weighted by molar-refractivity contribution is 5.95. The van der Waals surface area contributed by atoms with Crippen LogP contribution in [0.2, 0.25) is 0 Å². The van der Waals surface area contributed by atoms with E-state index in [0.717, 1.165) is 24.6 Å². The van der Waals surface area contributed by atoms with Gasteiger partial charge in [0.15, 0.2) is 5.82 Å². The zero-order valence-electron chi connectivity index (χ0n) is 17.1. The van der Waals surface area contributed by atoms with Crippen LogP contribution in [0.25, 0.3) is 5.69 Å². The number of para-hydroxylation sites is 1. The maximum atomic E-state index is 13.0. The van der Waals surface area contributed by atoms with E-state index in [9.17, 15) is 4.79 Å². The van der Waals surface area contributed by atoms with Crippen molar-refractivity contribution in [2.45, 2.75) is 6.54 Å². The second kappa shape index (κ2) is 8.91. The van der Waals surface area contributed by atoms with Gasteiger partial charge in [-0.2, -0.15) is 4.68 Å². The summed E-state index contributed by atoms with van der Waals surface area (Å²) in [6.45, 7) is 3.37. The molecule has 0 radical (unpaired) electrons. The fourth-order valence-corrected chi connectivity index (χ4v) is 3.50. The Kier molecular flexibility index (Phi) is 5.89. The summed E-state index contributed by atoms with van der Waals surface area (Å²) in [4.78, 5) is 17.1. The first kappa shape index (κ1) is 19.8. The first-order chi connectivity index (χ1) is 14.7. The molecule has 1 fully saturated rings. The molecular weight excluding hydrogens is 384 g/mol. The molecule has 30 heavy (non-hydrogen) atoms. The van der Waals surface area contributed by atoms with Crippen LogP contribution in [0, 0.1) is 0 Å². The Bertz CT molecular complexity index is 977. The summed E-state index contributed by atoms with van der Waals surface area (Å²) in [7, 11) is 3.15. The number of methoxy groups -OCH3 is 2. The third kappa shape index (κ3) is 4.25. The molecule has 9 heteroatoms. The first-order valence-electron chi connectivity index (χ1n) is 9.75. The fraction of sp³-hybridized carbons (Fsp3) is 0.333. The normalized spacial score (nSPS) is 14.5. The maximum Gasteiger partial charge on any atom is 0.254 e. The minimum atomic E-state index is -0.0269. The largest absolute Gasteiger partial charge is 0.497 e. The van der Waals surface area contributed by atoms with Crippen LogP contribution in [0.1, 0.15) is 16.2 Å². The Balaban J connectivity index is 1.39. The van der Waals surface area contributed by atoms with Gasteiger partial charge in [-0.1, -0.05) is 18.2 Å². The third-order valence-electron chi connectivity index (χ3n) is 5.16. The first-order valence-corrected chi connectivity index (χ1v) is 9.75. The van der Waals surface area contributed by atoms with Gasteiger partial charge in [-0.15, -0.1) is 5.10 Å². The van der Waals surface area contributed by atoms with E-state index < -0.39 is 0 Å². The predicted octanol–water partition coefficient (Wildman–Crippen LogP) is 1.64. The Morgan fingerprint density at radius 3 is 2.27 bits per heavy atom. The van der Waals surface area contributed by atoms with Gasteiger partial charge >= 0.3 is 0 Å². The maximum absolute atomic E-state index is 13.0. The van der Waals surface area contributed by atoms with Gasteiger partial charge in [0, 0.05) is 37.8 Å². The van der Waals surface area contributed by atoms with Crippen molar-refractivity contribution < 1.29 is 14.3 Å². The van der Waals surface area contributed by atoms with E-state index in [0.29, 0.717) is 36.7 Å². The van der Waals surface area contributed by atoms with Crippen LogP contribution in [0.5, 0.6) is 11.5 Å². The third-order valence-corrected chi connectivity index (χ3v) is 5.16. The highest BCUT2D eigenvalue weighted by Gasteiger charge is 2.24. The monoisotopic (exact) mass is 408 g/mol. The van der Waals surface area contributed by atoms with Gasteiger partial charge in [-0.25, -0.2) is 0 Å². The molecule has 0 aliphatic carbocycles. The van der Waals surface area contributed by atoms with Crippen LogP contribution in [0.4, 0.5) is 0 Å². The number of carbonyl (C=O) groups excluding carboxylic acids is 1. The number of hydrogen-bond acceptors (Lipinski definition) is 7. The van der Waals surface area contributed by atoms with Crippen LogP contribution in [-0.4, -0.2) is 76.3 Å². The lowest BCUT2D eigenvalue weighted by Crippen LogP contribution is -2.48. The number of carbonyl (C=O) groups is 1. The minimum Gasteiger partial charge on any atom is -0.497 e. The quantitative estimate of drug-likeness (QED) is 0.613. The van der Waals surface area contributed by atoms with Gasteiger partial charge < -0.3 is 14.4 Å². The number of rotatable bonds is 6. The van der Waals surface area contributed by atoms with E-state index in [1.165, 1.54) is 0 Å². The number of piperazine rings is 1. The van der Waals surface area contributed by atoms with E-state index in [4.69, 9.17) is 9.47 Å². The second-order valence-corrected chi connectivity index (χ2v) is 7.01. The number of benzene rings is 2. The summed E-state index contributed by atoms with van der Waals surface area (Å²) < 4.78 is 12.3. The van der Waals surface area contributed by atoms with E-state index >= 15 is 0 Å². The zero-order valence-corrected chi connectivity index (χ0v) is 17.1. The zero-order chi connectivity index (χ0) is 20.9. The summed E-state index contributed by atoms with van der Waals surface area (Å²) in [6.07, 6.45) is 0. The van der Waals surface area contributed by atoms with Crippen molar-refractivity contribution in [1.82, 2.24) is 30.0 Å². The molecule has 0 saturated carbocycles. The molecule has 0 spiro atoms. The average molecular weight is 408 g/mol. The molecule has 9 nitrogen and oxygen atoms in total. The number of hydrogen-bond donors (Lipinski definition) is 0. The number of tetrazole rings is 1. The summed E-state index contributed by atoms with van der Waals surface area (Å²) in [5, 5.41) is 12.1. The van der Waals surface area contributed by atoms with Gasteiger partial charge in [0.25, 0.3) is 5.91 Å². The Morgan fingerprint density at radius 2 is 1.63 bits per heavy atom. The van der Waals surface area contributed by atoms with Crippen molar-refractivity contribution in [1.29, 1.82) is 0 Å². The molecule has 1 aliphatic heterocycles. The molecule has 156 valence electrons. The van der Waals surface area contributed by atoms with Gasteiger partial charge in [0.1, 0.15) is 11.5 Å². The molecule has 2 aromatic carbocycles. The molecule has 0 bridgehead atoms. The average Bonchev–Trinajstić information content (AvgIpc) is 3.27. The van der Waals surface area contributed by atoms with Gasteiger partial charge in [-0.3, -0.25) is 9.69 Å². The molecule has 3 aromatic rings. The van der Waals surface area contributed by atoms with Crippen molar-refractivity contribution in [2.24, 2.45) is 0 Å². The van der Waals surface area contributed by atoms with Crippen molar-refractivity contribution >= 4 is 5.91 Å². The van der Waals surface area contributed by atoms with Crippen LogP contribution < -0.4 is 9.47 Å². The highest BCUT2D eigenvalue weighted by atomic mass is 16.5. The summed E-state index contributed by atoms with van der Waals surface area (Å²) in [6, 6.07) is 15.1. The lowest BCUT2D eigenvalue weighted by atomic mass is 10.1. The van der Waals surface area contributed by atoms with Crippen LogP contribution in [-0.2, 0) is 6.54 Å². The fourth-order valence-electron chi connectivity index (χ4n) is 3.50. The highest BCUT2D eigenvalue weighted by Crippen LogP contribution is 2.24. The van der Waals surface area contributed by atoms with Crippen LogP contribution >= 0.6 is 0 Å². The van der Waals surface area contributed by atoms with Crippen molar-refractivity contribution in [3.8, 4) is 17.2 Å². The number of ether oxygens (including phenoxy) is 2.